The molecule has 3 heterocycles. The van der Waals surface area contributed by atoms with Crippen LogP contribution in [0.4, 0.5) is 22.7 Å². The number of hydrogen-bond acceptors (Lipinski definition) is 4. The fourth-order valence-electron chi connectivity index (χ4n) is 9.12. The van der Waals surface area contributed by atoms with Crippen LogP contribution in [-0.4, -0.2) is 16.2 Å². The highest BCUT2D eigenvalue weighted by atomic mass is 16.5. The molecule has 0 saturated heterocycles. The van der Waals surface area contributed by atoms with Gasteiger partial charge in [0, 0.05) is 40.5 Å². The highest BCUT2D eigenvalue weighted by molar-refractivity contribution is 6.10. The molecule has 5 heteroatoms. The van der Waals surface area contributed by atoms with Gasteiger partial charge in [0.05, 0.1) is 22.4 Å². The number of ether oxygens (including phenoxy) is 1. The fourth-order valence-corrected chi connectivity index (χ4v) is 9.12. The Morgan fingerprint density at radius 3 is 1.66 bits per heavy atom. The van der Waals surface area contributed by atoms with Crippen LogP contribution in [0, 0.1) is 0 Å². The van der Waals surface area contributed by atoms with Gasteiger partial charge in [-0.2, -0.15) is 0 Å². The molecule has 0 saturated carbocycles. The molecule has 0 atom stereocenters. The minimum absolute atomic E-state index is 0.0177. The summed E-state index contributed by atoms with van der Waals surface area (Å²) in [6.07, 6.45) is 1.94. The van der Waals surface area contributed by atoms with Gasteiger partial charge in [-0.1, -0.05) is 147 Å². The first-order valence-corrected chi connectivity index (χ1v) is 22.9. The van der Waals surface area contributed by atoms with Gasteiger partial charge in [-0.25, -0.2) is 4.98 Å². The Labute approximate surface area is 384 Å². The van der Waals surface area contributed by atoms with Gasteiger partial charge in [0.1, 0.15) is 24.0 Å². The molecule has 0 bridgehead atoms. The Kier molecular flexibility index (Phi) is 10.2. The van der Waals surface area contributed by atoms with Crippen LogP contribution >= 0.6 is 0 Å². The second-order valence-corrected chi connectivity index (χ2v) is 20.7. The zero-order chi connectivity index (χ0) is 45.3. The zero-order valence-corrected chi connectivity index (χ0v) is 39.1. The lowest BCUT2D eigenvalue weighted by molar-refractivity contribution is 0.483. The van der Waals surface area contributed by atoms with E-state index in [0.29, 0.717) is 6.67 Å². The number of fused-ring (bicyclic) bond motifs is 4. The minimum Gasteiger partial charge on any atom is -0.457 e. The summed E-state index contributed by atoms with van der Waals surface area (Å²) < 4.78 is 9.12. The van der Waals surface area contributed by atoms with Crippen LogP contribution in [-0.2, 0) is 16.2 Å². The number of aromatic nitrogens is 2. The van der Waals surface area contributed by atoms with Crippen molar-refractivity contribution in [3.05, 3.63) is 193 Å². The van der Waals surface area contributed by atoms with E-state index in [0.717, 1.165) is 39.4 Å². The van der Waals surface area contributed by atoms with Gasteiger partial charge in [0.2, 0.25) is 0 Å². The largest absolute Gasteiger partial charge is 0.457 e. The van der Waals surface area contributed by atoms with Gasteiger partial charge in [-0.15, -0.1) is 0 Å². The molecule has 10 rings (SSSR count). The topological polar surface area (TPSA) is 33.5 Å². The van der Waals surface area contributed by atoms with Gasteiger partial charge >= 0.3 is 0 Å². The van der Waals surface area contributed by atoms with Crippen molar-refractivity contribution in [3.8, 4) is 39.6 Å². The number of rotatable bonds is 7. The molecule has 0 aliphatic carbocycles. The molecule has 65 heavy (non-hydrogen) atoms. The van der Waals surface area contributed by atoms with Crippen LogP contribution < -0.4 is 14.5 Å². The summed E-state index contributed by atoms with van der Waals surface area (Å²) in [5.41, 5.74) is 15.5. The molecule has 5 nitrogen and oxygen atoms in total. The first kappa shape index (κ1) is 41.9. The third-order valence-electron chi connectivity index (χ3n) is 13.0. The van der Waals surface area contributed by atoms with Crippen molar-refractivity contribution in [3.63, 3.8) is 0 Å². The standard InChI is InChI=1S/C60H58N4O/c1-58(2,3)44-30-31-61-57(36-44)64-53-29-26-43(42-24-22-41(23-25-42)40-16-11-10-12-17-40)32-52(53)51-28-27-50(38-56(51)64)65-49-19-15-18-47(37-49)62-39-63(55-21-14-13-20-54(55)62)48-34-45(59(4,5)6)33-46(35-48)60(7,8)9/h10-38H,39H2,1-9H3. The summed E-state index contributed by atoms with van der Waals surface area (Å²) >= 11 is 0. The normalized spacial score (nSPS) is 13.2. The van der Waals surface area contributed by atoms with E-state index in [1.807, 2.05) is 6.20 Å². The second kappa shape index (κ2) is 15.8. The Morgan fingerprint density at radius 2 is 1.00 bits per heavy atom. The van der Waals surface area contributed by atoms with Gasteiger partial charge in [-0.05, 0) is 128 Å². The molecule has 0 spiro atoms. The van der Waals surface area contributed by atoms with E-state index in [9.17, 15) is 0 Å². The van der Waals surface area contributed by atoms with Crippen molar-refractivity contribution in [2.45, 2.75) is 78.6 Å². The lowest BCUT2D eigenvalue weighted by Gasteiger charge is -2.29. The number of hydrogen-bond donors (Lipinski definition) is 0. The maximum Gasteiger partial charge on any atom is 0.137 e. The quantitative estimate of drug-likeness (QED) is 0.160. The smallest absolute Gasteiger partial charge is 0.137 e. The minimum atomic E-state index is -0.0342. The van der Waals surface area contributed by atoms with E-state index in [-0.39, 0.29) is 16.2 Å². The summed E-state index contributed by atoms with van der Waals surface area (Å²) in [6, 6.07) is 61.4. The predicted octanol–water partition coefficient (Wildman–Crippen LogP) is 16.4. The Hall–Kier alpha value is -7.11. The van der Waals surface area contributed by atoms with E-state index >= 15 is 0 Å². The van der Waals surface area contributed by atoms with Crippen LogP contribution in [0.3, 0.4) is 0 Å². The molecule has 324 valence electrons. The zero-order valence-electron chi connectivity index (χ0n) is 39.1. The average molecular weight is 851 g/mol. The van der Waals surface area contributed by atoms with Crippen LogP contribution in [0.5, 0.6) is 11.5 Å². The number of pyridine rings is 1. The van der Waals surface area contributed by atoms with E-state index < -0.39 is 0 Å². The van der Waals surface area contributed by atoms with Crippen LogP contribution in [0.15, 0.2) is 176 Å². The van der Waals surface area contributed by atoms with Crippen molar-refractivity contribution in [1.82, 2.24) is 9.55 Å². The summed E-state index contributed by atoms with van der Waals surface area (Å²) in [5, 5.41) is 2.31. The van der Waals surface area contributed by atoms with Gasteiger partial charge < -0.3 is 14.5 Å². The number of benzene rings is 7. The highest BCUT2D eigenvalue weighted by Gasteiger charge is 2.30. The average Bonchev–Trinajstić information content (AvgIpc) is 3.84. The van der Waals surface area contributed by atoms with Crippen molar-refractivity contribution in [2.24, 2.45) is 0 Å². The third kappa shape index (κ3) is 8.05. The SMILES string of the molecule is CC(C)(C)c1cc(N2CN(c3cccc(Oc4ccc5c6cc(-c7ccc(-c8ccccc8)cc7)ccc6n(-c6cc(C(C)(C)C)ccn6)c5c4)c3)c3ccccc32)cc(C(C)(C)C)c1. The third-order valence-corrected chi connectivity index (χ3v) is 13.0. The predicted molar refractivity (Wildman–Crippen MR) is 274 cm³/mol. The summed E-state index contributed by atoms with van der Waals surface area (Å²) in [4.78, 5) is 9.82. The molecule has 0 N–H and O–H groups in total. The Morgan fingerprint density at radius 1 is 0.415 bits per heavy atom. The highest BCUT2D eigenvalue weighted by Crippen LogP contribution is 2.47. The van der Waals surface area contributed by atoms with E-state index in [1.54, 1.807) is 0 Å². The molecule has 0 radical (unpaired) electrons. The van der Waals surface area contributed by atoms with Crippen molar-refractivity contribution in [2.75, 3.05) is 16.5 Å². The molecule has 0 amide bonds. The van der Waals surface area contributed by atoms with Crippen LogP contribution in [0.2, 0.25) is 0 Å². The molecular weight excluding hydrogens is 793 g/mol. The van der Waals surface area contributed by atoms with Gasteiger partial charge in [-0.3, -0.25) is 4.57 Å². The van der Waals surface area contributed by atoms with Crippen molar-refractivity contribution >= 4 is 44.6 Å². The van der Waals surface area contributed by atoms with Crippen LogP contribution in [0.1, 0.15) is 79.0 Å². The Balaban J connectivity index is 1.02. The van der Waals surface area contributed by atoms with Gasteiger partial charge in [0.15, 0.2) is 0 Å². The molecule has 1 aliphatic rings. The molecule has 0 unspecified atom stereocenters. The number of nitrogens with zero attached hydrogens (tertiary/aromatic N) is 4. The van der Waals surface area contributed by atoms with E-state index in [1.165, 1.54) is 61.4 Å². The maximum absolute atomic E-state index is 6.82. The van der Waals surface area contributed by atoms with E-state index in [4.69, 9.17) is 9.72 Å². The second-order valence-electron chi connectivity index (χ2n) is 20.7. The van der Waals surface area contributed by atoms with Crippen LogP contribution in [0.25, 0.3) is 49.9 Å². The molecule has 0 fully saturated rings. The molecule has 1 aliphatic heterocycles. The molecule has 9 aromatic rings. The maximum atomic E-state index is 6.82. The summed E-state index contributed by atoms with van der Waals surface area (Å²) in [7, 11) is 0. The first-order valence-electron chi connectivity index (χ1n) is 22.9. The number of para-hydroxylation sites is 2. The number of anilines is 4. The molecule has 7 aromatic carbocycles. The molecular formula is C60H58N4O. The van der Waals surface area contributed by atoms with Crippen molar-refractivity contribution in [1.29, 1.82) is 0 Å². The lowest BCUT2D eigenvalue weighted by Crippen LogP contribution is -2.25. The first-order chi connectivity index (χ1) is 31.1. The summed E-state index contributed by atoms with van der Waals surface area (Å²) in [6.45, 7) is 21.2. The fraction of sp³-hybridized carbons (Fsp3) is 0.217. The van der Waals surface area contributed by atoms with E-state index in [2.05, 4.69) is 247 Å². The Bertz CT molecular complexity index is 3180. The van der Waals surface area contributed by atoms with Gasteiger partial charge in [0.25, 0.3) is 0 Å². The summed E-state index contributed by atoms with van der Waals surface area (Å²) in [5.74, 6) is 2.43. The monoisotopic (exact) mass is 850 g/mol. The van der Waals surface area contributed by atoms with Crippen molar-refractivity contribution < 1.29 is 4.74 Å². The lowest BCUT2D eigenvalue weighted by atomic mass is 9.80. The molecule has 2 aromatic heterocycles.